The van der Waals surface area contributed by atoms with Crippen LogP contribution in [0.1, 0.15) is 24.0 Å². The predicted molar refractivity (Wildman–Crippen MR) is 135 cm³/mol. The molecule has 1 saturated heterocycles. The van der Waals surface area contributed by atoms with E-state index in [0.717, 1.165) is 22.2 Å². The number of halogens is 1. The van der Waals surface area contributed by atoms with Gasteiger partial charge in [0.05, 0.1) is 17.6 Å². The molecule has 3 aromatic carbocycles. The van der Waals surface area contributed by atoms with Crippen LogP contribution in [0.5, 0.6) is 0 Å². The second-order valence-corrected chi connectivity index (χ2v) is 8.91. The summed E-state index contributed by atoms with van der Waals surface area (Å²) < 4.78 is 14.9. The van der Waals surface area contributed by atoms with Gasteiger partial charge in [0.15, 0.2) is 5.82 Å². The lowest BCUT2D eigenvalue weighted by Crippen LogP contribution is -2.43. The fraction of sp³-hybridized carbons (Fsp3) is 0.250. The second kappa shape index (κ2) is 10.1. The van der Waals surface area contributed by atoms with E-state index in [1.54, 1.807) is 16.7 Å². The molecule has 35 heavy (non-hydrogen) atoms. The molecule has 2 heterocycles. The summed E-state index contributed by atoms with van der Waals surface area (Å²) in [7, 11) is 0. The Balaban J connectivity index is 1.30. The van der Waals surface area contributed by atoms with Crippen molar-refractivity contribution in [2.24, 2.45) is 5.92 Å². The molecule has 4 aromatic rings. The number of nitrogens with one attached hydrogen (secondary N) is 1. The maximum atomic E-state index is 13.5. The van der Waals surface area contributed by atoms with Gasteiger partial charge >= 0.3 is 0 Å². The molecule has 5 rings (SSSR count). The highest BCUT2D eigenvalue weighted by molar-refractivity contribution is 5.79. The first kappa shape index (κ1) is 22.8. The van der Waals surface area contributed by atoms with Crippen LogP contribution in [-0.2, 0) is 17.9 Å². The van der Waals surface area contributed by atoms with Gasteiger partial charge in [-0.05, 0) is 48.2 Å². The van der Waals surface area contributed by atoms with E-state index >= 15 is 0 Å². The number of hydrogen-bond donors (Lipinski definition) is 1. The van der Waals surface area contributed by atoms with Crippen molar-refractivity contribution in [3.8, 4) is 0 Å². The largest absolute Gasteiger partial charge is 0.352 e. The van der Waals surface area contributed by atoms with Gasteiger partial charge in [0, 0.05) is 25.6 Å². The van der Waals surface area contributed by atoms with Crippen LogP contribution in [0.15, 0.2) is 83.7 Å². The minimum atomic E-state index is -0.294. The Bertz CT molecular complexity index is 1380. The molecule has 6 nitrogen and oxygen atoms in total. The highest BCUT2D eigenvalue weighted by Gasteiger charge is 2.27. The molecule has 1 aromatic heterocycles. The van der Waals surface area contributed by atoms with Crippen molar-refractivity contribution >= 4 is 22.8 Å². The van der Waals surface area contributed by atoms with E-state index in [2.05, 4.69) is 5.32 Å². The molecule has 1 aliphatic rings. The van der Waals surface area contributed by atoms with Gasteiger partial charge in [-0.25, -0.2) is 9.37 Å². The molecule has 0 unspecified atom stereocenters. The number of anilines is 1. The molecule has 0 aliphatic carbocycles. The Hall–Kier alpha value is -4.00. The quantitative estimate of drug-likeness (QED) is 0.461. The van der Waals surface area contributed by atoms with Crippen molar-refractivity contribution < 1.29 is 9.18 Å². The molecular formula is C28H27FN4O2. The standard InChI is InChI=1S/C28H27FN4O2/c29-23-12-10-20(11-13-23)18-30-27(34)22-14-16-32(17-15-22)26-28(35)33(19-21-6-2-1-3-7-21)25-9-5-4-8-24(25)31-26/h1-13,22H,14-19H2,(H,30,34). The Morgan fingerprint density at radius 3 is 2.34 bits per heavy atom. The van der Waals surface area contributed by atoms with E-state index in [-0.39, 0.29) is 23.2 Å². The van der Waals surface area contributed by atoms with Crippen molar-refractivity contribution in [3.63, 3.8) is 0 Å². The molecule has 1 N–H and O–H groups in total. The maximum absolute atomic E-state index is 13.5. The summed E-state index contributed by atoms with van der Waals surface area (Å²) in [6.45, 7) is 2.01. The van der Waals surface area contributed by atoms with E-state index in [9.17, 15) is 14.0 Å². The summed E-state index contributed by atoms with van der Waals surface area (Å²) in [5, 5.41) is 2.95. The number of amides is 1. The highest BCUT2D eigenvalue weighted by atomic mass is 19.1. The number of fused-ring (bicyclic) bond motifs is 1. The van der Waals surface area contributed by atoms with E-state index in [0.29, 0.717) is 44.8 Å². The first-order valence-corrected chi connectivity index (χ1v) is 11.9. The van der Waals surface area contributed by atoms with Crippen LogP contribution in [0, 0.1) is 11.7 Å². The topological polar surface area (TPSA) is 67.2 Å². The van der Waals surface area contributed by atoms with Gasteiger partial charge in [-0.15, -0.1) is 0 Å². The molecule has 0 bridgehead atoms. The lowest BCUT2D eigenvalue weighted by atomic mass is 9.96. The third kappa shape index (κ3) is 5.09. The monoisotopic (exact) mass is 470 g/mol. The normalized spacial score (nSPS) is 14.3. The number of piperidine rings is 1. The molecule has 0 radical (unpaired) electrons. The first-order valence-electron chi connectivity index (χ1n) is 11.9. The molecule has 1 amide bonds. The molecule has 1 fully saturated rings. The van der Waals surface area contributed by atoms with Crippen molar-refractivity contribution in [1.29, 1.82) is 0 Å². The first-order chi connectivity index (χ1) is 17.1. The second-order valence-electron chi connectivity index (χ2n) is 8.91. The number of nitrogens with zero attached hydrogens (tertiary/aromatic N) is 3. The van der Waals surface area contributed by atoms with Gasteiger partial charge in [0.1, 0.15) is 5.82 Å². The maximum Gasteiger partial charge on any atom is 0.294 e. The van der Waals surface area contributed by atoms with E-state index < -0.39 is 0 Å². The summed E-state index contributed by atoms with van der Waals surface area (Å²) in [5.74, 6) is 0.00279. The molecule has 178 valence electrons. The zero-order chi connectivity index (χ0) is 24.2. The summed E-state index contributed by atoms with van der Waals surface area (Å²) in [4.78, 5) is 32.9. The van der Waals surface area contributed by atoms with E-state index in [1.807, 2.05) is 59.5 Å². The van der Waals surface area contributed by atoms with Gasteiger partial charge in [-0.3, -0.25) is 14.2 Å². The average Bonchev–Trinajstić information content (AvgIpc) is 2.90. The van der Waals surface area contributed by atoms with Crippen LogP contribution in [0.25, 0.3) is 11.0 Å². The Kier molecular flexibility index (Phi) is 6.57. The number of carbonyl (C=O) groups excluding carboxylic acids is 1. The van der Waals surface area contributed by atoms with Crippen molar-refractivity contribution in [2.75, 3.05) is 18.0 Å². The molecule has 7 heteroatoms. The molecule has 1 aliphatic heterocycles. The van der Waals surface area contributed by atoms with Crippen LogP contribution in [0.2, 0.25) is 0 Å². The summed E-state index contributed by atoms with van der Waals surface area (Å²) in [6.07, 6.45) is 1.28. The van der Waals surface area contributed by atoms with Gasteiger partial charge in [-0.2, -0.15) is 0 Å². The van der Waals surface area contributed by atoms with E-state index in [1.165, 1.54) is 12.1 Å². The number of aromatic nitrogens is 2. The van der Waals surface area contributed by atoms with Crippen LogP contribution < -0.4 is 15.8 Å². The third-order valence-corrected chi connectivity index (χ3v) is 6.56. The van der Waals surface area contributed by atoms with E-state index in [4.69, 9.17) is 4.98 Å². The Morgan fingerprint density at radius 1 is 0.914 bits per heavy atom. The highest BCUT2D eigenvalue weighted by Crippen LogP contribution is 2.22. The fourth-order valence-corrected chi connectivity index (χ4v) is 4.60. The van der Waals surface area contributed by atoms with Crippen LogP contribution in [0.3, 0.4) is 0 Å². The Morgan fingerprint density at radius 2 is 1.60 bits per heavy atom. The van der Waals surface area contributed by atoms with Gasteiger partial charge in [0.2, 0.25) is 5.91 Å². The molecule has 0 saturated carbocycles. The average molecular weight is 471 g/mol. The zero-order valence-electron chi connectivity index (χ0n) is 19.4. The van der Waals surface area contributed by atoms with Crippen molar-refractivity contribution in [1.82, 2.24) is 14.9 Å². The fourth-order valence-electron chi connectivity index (χ4n) is 4.60. The van der Waals surface area contributed by atoms with Crippen LogP contribution in [0.4, 0.5) is 10.2 Å². The van der Waals surface area contributed by atoms with Gasteiger partial charge in [-0.1, -0.05) is 54.6 Å². The lowest BCUT2D eigenvalue weighted by Gasteiger charge is -2.32. The summed E-state index contributed by atoms with van der Waals surface area (Å²) in [5.41, 5.74) is 3.37. The SMILES string of the molecule is O=C(NCc1ccc(F)cc1)C1CCN(c2nc3ccccc3n(Cc3ccccc3)c2=O)CC1. The summed E-state index contributed by atoms with van der Waals surface area (Å²) in [6, 6.07) is 23.7. The summed E-state index contributed by atoms with van der Waals surface area (Å²) >= 11 is 0. The molecule has 0 atom stereocenters. The smallest absolute Gasteiger partial charge is 0.294 e. The predicted octanol–water partition coefficient (Wildman–Crippen LogP) is 4.12. The third-order valence-electron chi connectivity index (χ3n) is 6.56. The molecular weight excluding hydrogens is 443 g/mol. The minimum absolute atomic E-state index is 0.0121. The van der Waals surface area contributed by atoms with Crippen LogP contribution >= 0.6 is 0 Å². The number of hydrogen-bond acceptors (Lipinski definition) is 4. The van der Waals surface area contributed by atoms with Gasteiger partial charge < -0.3 is 10.2 Å². The zero-order valence-corrected chi connectivity index (χ0v) is 19.4. The lowest BCUT2D eigenvalue weighted by molar-refractivity contribution is -0.125. The number of carbonyl (C=O) groups is 1. The Labute approximate surface area is 203 Å². The molecule has 0 spiro atoms. The number of benzene rings is 3. The number of para-hydroxylation sites is 2. The van der Waals surface area contributed by atoms with Crippen LogP contribution in [-0.4, -0.2) is 28.5 Å². The van der Waals surface area contributed by atoms with Crippen molar-refractivity contribution in [3.05, 3.63) is 106 Å². The van der Waals surface area contributed by atoms with Gasteiger partial charge in [0.25, 0.3) is 5.56 Å². The number of rotatable bonds is 6. The van der Waals surface area contributed by atoms with Crippen molar-refractivity contribution in [2.45, 2.75) is 25.9 Å². The minimum Gasteiger partial charge on any atom is -0.352 e.